The van der Waals surface area contributed by atoms with Crippen molar-refractivity contribution in [1.29, 1.82) is 0 Å². The number of hydrogen-bond donors (Lipinski definition) is 5. The average Bonchev–Trinajstić information content (AvgIpc) is 3.12. The third kappa shape index (κ3) is 9.91. The van der Waals surface area contributed by atoms with Crippen LogP contribution in [0.3, 0.4) is 0 Å². The van der Waals surface area contributed by atoms with Crippen LogP contribution in [0.1, 0.15) is 60.3 Å². The Kier molecular flexibility index (Phi) is 13.0. The number of nitrogen functional groups attached to an aromatic ring is 1. The molecule has 0 bridgehead atoms. The summed E-state index contributed by atoms with van der Waals surface area (Å²) in [5.41, 5.74) is 12.7. The highest BCUT2D eigenvalue weighted by atomic mass is 32.2. The maximum absolute atomic E-state index is 12.6. The van der Waals surface area contributed by atoms with Crippen LogP contribution in [0.2, 0.25) is 0 Å². The van der Waals surface area contributed by atoms with E-state index >= 15 is 0 Å². The summed E-state index contributed by atoms with van der Waals surface area (Å²) < 4.78 is 12.9. The number of ether oxygens (including phenoxy) is 2. The van der Waals surface area contributed by atoms with Crippen molar-refractivity contribution in [3.8, 4) is 11.1 Å². The highest BCUT2D eigenvalue weighted by Gasteiger charge is 2.32. The molecule has 4 aromatic rings. The van der Waals surface area contributed by atoms with Gasteiger partial charge >= 0.3 is 0 Å². The third-order valence-corrected chi connectivity index (χ3v) is 9.26. The lowest BCUT2D eigenvalue weighted by atomic mass is 9.97. The summed E-state index contributed by atoms with van der Waals surface area (Å²) in [5.74, 6) is 1.10. The molecule has 0 radical (unpaired) electrons. The van der Waals surface area contributed by atoms with Crippen LogP contribution in [0.15, 0.2) is 97.1 Å². The fourth-order valence-corrected chi connectivity index (χ4v) is 6.37. The van der Waals surface area contributed by atoms with Crippen LogP contribution in [-0.4, -0.2) is 46.2 Å². The Morgan fingerprint density at radius 1 is 0.833 bits per heavy atom. The van der Waals surface area contributed by atoms with Crippen molar-refractivity contribution in [2.45, 2.75) is 57.3 Å². The minimum absolute atomic E-state index is 0.00792. The SMILES string of the molecule is Nc1ccccc1NC(=O)CCCC(=O)NCc1ccccc1-c1ccc(C2OC(CSCCO)CC(c3ccc(CO)cc3)O2)cc1. The Labute approximate surface area is 285 Å². The number of carbonyl (C=O) groups excluding carboxylic acids is 2. The van der Waals surface area contributed by atoms with Crippen LogP contribution in [0.5, 0.6) is 0 Å². The van der Waals surface area contributed by atoms with Gasteiger partial charge in [0.05, 0.1) is 36.8 Å². The quantitative estimate of drug-likeness (QED) is 0.0753. The van der Waals surface area contributed by atoms with Gasteiger partial charge in [-0.25, -0.2) is 0 Å². The minimum Gasteiger partial charge on any atom is -0.397 e. The Morgan fingerprint density at radius 2 is 1.54 bits per heavy atom. The molecule has 5 rings (SSSR count). The predicted molar refractivity (Wildman–Crippen MR) is 190 cm³/mol. The molecule has 1 aliphatic heterocycles. The zero-order chi connectivity index (χ0) is 33.7. The van der Waals surface area contributed by atoms with Crippen LogP contribution in [-0.2, 0) is 32.2 Å². The molecule has 2 amide bonds. The van der Waals surface area contributed by atoms with E-state index in [0.29, 0.717) is 36.5 Å². The van der Waals surface area contributed by atoms with Gasteiger partial charge in [0.25, 0.3) is 0 Å². The summed E-state index contributed by atoms with van der Waals surface area (Å²) >= 11 is 1.66. The molecule has 1 fully saturated rings. The fourth-order valence-electron chi connectivity index (χ4n) is 5.59. The number of rotatable bonds is 15. The van der Waals surface area contributed by atoms with Crippen LogP contribution >= 0.6 is 11.8 Å². The number of hydrogen-bond acceptors (Lipinski definition) is 8. The van der Waals surface area contributed by atoms with Crippen molar-refractivity contribution in [2.75, 3.05) is 29.2 Å². The summed E-state index contributed by atoms with van der Waals surface area (Å²) in [5, 5.41) is 24.5. The third-order valence-electron chi connectivity index (χ3n) is 8.18. The number of benzene rings is 4. The van der Waals surface area contributed by atoms with Gasteiger partial charge in [0.2, 0.25) is 11.8 Å². The van der Waals surface area contributed by atoms with Crippen molar-refractivity contribution in [3.63, 3.8) is 0 Å². The zero-order valence-electron chi connectivity index (χ0n) is 26.8. The number of nitrogens with one attached hydrogen (secondary N) is 2. The number of nitrogens with two attached hydrogens (primary N) is 1. The molecule has 3 atom stereocenters. The van der Waals surface area contributed by atoms with E-state index < -0.39 is 6.29 Å². The number of anilines is 2. The molecule has 48 heavy (non-hydrogen) atoms. The first-order valence-corrected chi connectivity index (χ1v) is 17.4. The molecule has 3 unspecified atom stereocenters. The van der Waals surface area contributed by atoms with Gasteiger partial charge in [-0.1, -0.05) is 84.9 Å². The van der Waals surface area contributed by atoms with Crippen LogP contribution in [0.4, 0.5) is 11.4 Å². The van der Waals surface area contributed by atoms with Gasteiger partial charge in [0, 0.05) is 42.9 Å². The zero-order valence-corrected chi connectivity index (χ0v) is 27.7. The second-order valence-corrected chi connectivity index (χ2v) is 12.8. The largest absolute Gasteiger partial charge is 0.397 e. The van der Waals surface area contributed by atoms with E-state index in [4.69, 9.17) is 15.2 Å². The molecule has 1 aliphatic rings. The first kappa shape index (κ1) is 35.1. The molecule has 0 saturated carbocycles. The number of para-hydroxylation sites is 2. The highest BCUT2D eigenvalue weighted by Crippen LogP contribution is 2.39. The van der Waals surface area contributed by atoms with E-state index in [2.05, 4.69) is 10.6 Å². The molecule has 6 N–H and O–H groups in total. The molecule has 9 nitrogen and oxygen atoms in total. The van der Waals surface area contributed by atoms with Crippen LogP contribution in [0, 0.1) is 0 Å². The number of aliphatic hydroxyl groups is 2. The van der Waals surface area contributed by atoms with Gasteiger partial charge in [0.15, 0.2) is 6.29 Å². The average molecular weight is 670 g/mol. The molecular formula is C38H43N3O6S. The van der Waals surface area contributed by atoms with Crippen LogP contribution in [0.25, 0.3) is 11.1 Å². The van der Waals surface area contributed by atoms with Crippen molar-refractivity contribution < 1.29 is 29.3 Å². The van der Waals surface area contributed by atoms with E-state index in [1.807, 2.05) is 72.8 Å². The number of amides is 2. The van der Waals surface area contributed by atoms with Crippen molar-refractivity contribution in [2.24, 2.45) is 0 Å². The fraction of sp³-hybridized carbons (Fsp3) is 0.316. The Bertz CT molecular complexity index is 1630. The lowest BCUT2D eigenvalue weighted by Gasteiger charge is -2.36. The summed E-state index contributed by atoms with van der Waals surface area (Å²) in [6, 6.07) is 30.9. The highest BCUT2D eigenvalue weighted by molar-refractivity contribution is 7.99. The molecular weight excluding hydrogens is 627 g/mol. The summed E-state index contributed by atoms with van der Waals surface area (Å²) in [7, 11) is 0. The maximum atomic E-state index is 12.6. The Morgan fingerprint density at radius 3 is 2.29 bits per heavy atom. The normalized spacial score (nSPS) is 17.5. The lowest BCUT2D eigenvalue weighted by Crippen LogP contribution is -2.31. The summed E-state index contributed by atoms with van der Waals surface area (Å²) in [4.78, 5) is 24.9. The first-order chi connectivity index (χ1) is 23.4. The molecule has 10 heteroatoms. The molecule has 0 aromatic heterocycles. The Hall–Kier alpha value is -4.19. The Balaban J connectivity index is 1.18. The smallest absolute Gasteiger partial charge is 0.224 e. The van der Waals surface area contributed by atoms with E-state index in [1.165, 1.54) is 0 Å². The molecule has 0 spiro atoms. The molecule has 252 valence electrons. The molecule has 1 saturated heterocycles. The maximum Gasteiger partial charge on any atom is 0.224 e. The minimum atomic E-state index is -0.559. The van der Waals surface area contributed by atoms with Gasteiger partial charge < -0.3 is 36.1 Å². The summed E-state index contributed by atoms with van der Waals surface area (Å²) in [6.07, 6.45) is 0.799. The van der Waals surface area contributed by atoms with Crippen molar-refractivity contribution in [1.82, 2.24) is 5.32 Å². The van der Waals surface area contributed by atoms with Gasteiger partial charge in [0.1, 0.15) is 0 Å². The van der Waals surface area contributed by atoms with Crippen molar-refractivity contribution >= 4 is 35.0 Å². The van der Waals surface area contributed by atoms with Gasteiger partial charge in [-0.15, -0.1) is 0 Å². The predicted octanol–water partition coefficient (Wildman–Crippen LogP) is 6.12. The number of thioether (sulfide) groups is 1. The van der Waals surface area contributed by atoms with E-state index in [-0.39, 0.29) is 50.1 Å². The van der Waals surface area contributed by atoms with Crippen molar-refractivity contribution in [3.05, 3.63) is 119 Å². The number of carbonyl (C=O) groups is 2. The number of aliphatic hydroxyl groups excluding tert-OH is 2. The lowest BCUT2D eigenvalue weighted by molar-refractivity contribution is -0.245. The second kappa shape index (κ2) is 17.8. The monoisotopic (exact) mass is 669 g/mol. The van der Waals surface area contributed by atoms with E-state index in [1.54, 1.807) is 36.0 Å². The second-order valence-electron chi connectivity index (χ2n) is 11.7. The van der Waals surface area contributed by atoms with E-state index in [9.17, 15) is 19.8 Å². The molecule has 1 heterocycles. The topological polar surface area (TPSA) is 143 Å². The first-order valence-electron chi connectivity index (χ1n) is 16.2. The van der Waals surface area contributed by atoms with Gasteiger partial charge in [-0.05, 0) is 46.4 Å². The van der Waals surface area contributed by atoms with Crippen LogP contribution < -0.4 is 16.4 Å². The molecule has 4 aromatic carbocycles. The standard InChI is InChI=1S/C38H43N3O6S/c39-33-8-3-4-9-34(33)41-37(45)11-5-10-36(44)40-23-30-6-1-2-7-32(30)27-16-18-29(19-17-27)38-46-31(25-48-21-20-42)22-35(47-38)28-14-12-26(24-43)13-15-28/h1-4,6-9,12-19,31,35,38,42-43H,5,10-11,20-25,39H2,(H,40,44)(H,41,45). The summed E-state index contributed by atoms with van der Waals surface area (Å²) in [6.45, 7) is 0.481. The van der Waals surface area contributed by atoms with E-state index in [0.717, 1.165) is 39.1 Å². The van der Waals surface area contributed by atoms with Gasteiger partial charge in [-0.2, -0.15) is 11.8 Å². The van der Waals surface area contributed by atoms with Gasteiger partial charge in [-0.3, -0.25) is 9.59 Å². The molecule has 0 aliphatic carbocycles.